The van der Waals surface area contributed by atoms with Crippen LogP contribution < -0.4 is 10.1 Å². The van der Waals surface area contributed by atoms with Gasteiger partial charge in [0.2, 0.25) is 5.91 Å². The van der Waals surface area contributed by atoms with E-state index in [1.165, 1.54) is 11.8 Å². The predicted molar refractivity (Wildman–Crippen MR) is 137 cm³/mol. The maximum absolute atomic E-state index is 12.8. The summed E-state index contributed by atoms with van der Waals surface area (Å²) in [6.07, 6.45) is 0.849. The van der Waals surface area contributed by atoms with Gasteiger partial charge in [0.1, 0.15) is 12.4 Å². The van der Waals surface area contributed by atoms with Crippen LogP contribution in [0.5, 0.6) is 5.75 Å². The third-order valence-corrected chi connectivity index (χ3v) is 6.49. The molecule has 6 nitrogen and oxygen atoms in total. The smallest absolute Gasteiger partial charge is 0.234 e. The van der Waals surface area contributed by atoms with Crippen LogP contribution in [-0.2, 0) is 17.8 Å². The number of halogens is 1. The largest absolute Gasteiger partial charge is 0.484 e. The number of hydrogen-bond acceptors (Lipinski definition) is 5. The first-order valence-electron chi connectivity index (χ1n) is 10.9. The number of anilines is 1. The first kappa shape index (κ1) is 23.9. The summed E-state index contributed by atoms with van der Waals surface area (Å²) in [5, 5.41) is 12.9. The summed E-state index contributed by atoms with van der Waals surface area (Å²) < 4.78 is 7.80. The summed E-state index contributed by atoms with van der Waals surface area (Å²) in [5.41, 5.74) is 3.93. The Morgan fingerprint density at radius 3 is 2.56 bits per heavy atom. The van der Waals surface area contributed by atoms with Gasteiger partial charge < -0.3 is 10.1 Å². The molecule has 0 radical (unpaired) electrons. The van der Waals surface area contributed by atoms with Crippen LogP contribution in [0, 0.1) is 6.92 Å². The van der Waals surface area contributed by atoms with Crippen molar-refractivity contribution in [3.63, 3.8) is 0 Å². The van der Waals surface area contributed by atoms with Gasteiger partial charge in [-0.3, -0.25) is 9.36 Å². The fourth-order valence-corrected chi connectivity index (χ4v) is 4.50. The molecule has 1 heterocycles. The molecule has 0 aliphatic rings. The van der Waals surface area contributed by atoms with Crippen LogP contribution in [0.3, 0.4) is 0 Å². The number of amides is 1. The van der Waals surface area contributed by atoms with Crippen LogP contribution in [0.15, 0.2) is 78.0 Å². The molecule has 4 rings (SSSR count). The molecule has 0 unspecified atom stereocenters. The zero-order valence-electron chi connectivity index (χ0n) is 19.0. The summed E-state index contributed by atoms with van der Waals surface area (Å²) in [6, 6.07) is 23.1. The van der Waals surface area contributed by atoms with Crippen LogP contribution in [0.25, 0.3) is 5.69 Å². The summed E-state index contributed by atoms with van der Waals surface area (Å²) in [6.45, 7) is 4.26. The molecule has 4 aromatic rings. The molecule has 0 bridgehead atoms. The zero-order chi connectivity index (χ0) is 23.9. The van der Waals surface area contributed by atoms with Gasteiger partial charge in [0, 0.05) is 11.4 Å². The van der Waals surface area contributed by atoms with E-state index in [1.54, 1.807) is 6.07 Å². The summed E-state index contributed by atoms with van der Waals surface area (Å²) in [7, 11) is 0. The normalized spacial score (nSPS) is 10.8. The molecule has 3 aromatic carbocycles. The fraction of sp³-hybridized carbons (Fsp3) is 0.192. The van der Waals surface area contributed by atoms with Gasteiger partial charge >= 0.3 is 0 Å². The highest BCUT2D eigenvalue weighted by molar-refractivity contribution is 7.99. The molecule has 0 saturated carbocycles. The van der Waals surface area contributed by atoms with Crippen molar-refractivity contribution in [3.8, 4) is 11.4 Å². The minimum Gasteiger partial charge on any atom is -0.484 e. The van der Waals surface area contributed by atoms with Crippen LogP contribution in [-0.4, -0.2) is 26.4 Å². The van der Waals surface area contributed by atoms with Gasteiger partial charge in [-0.2, -0.15) is 0 Å². The van der Waals surface area contributed by atoms with E-state index in [0.29, 0.717) is 21.8 Å². The minimum absolute atomic E-state index is 0.0921. The lowest BCUT2D eigenvalue weighted by Crippen LogP contribution is -2.16. The van der Waals surface area contributed by atoms with Gasteiger partial charge in [0.25, 0.3) is 0 Å². The van der Waals surface area contributed by atoms with Crippen molar-refractivity contribution in [2.24, 2.45) is 0 Å². The third kappa shape index (κ3) is 5.61. The molecule has 0 spiro atoms. The van der Waals surface area contributed by atoms with Crippen molar-refractivity contribution < 1.29 is 9.53 Å². The van der Waals surface area contributed by atoms with Gasteiger partial charge in [0.05, 0.1) is 10.8 Å². The lowest BCUT2D eigenvalue weighted by molar-refractivity contribution is -0.113. The van der Waals surface area contributed by atoms with Crippen LogP contribution >= 0.6 is 23.4 Å². The number of para-hydroxylation sites is 3. The monoisotopic (exact) mass is 492 g/mol. The van der Waals surface area contributed by atoms with Gasteiger partial charge in [-0.25, -0.2) is 0 Å². The Labute approximate surface area is 208 Å². The average Bonchev–Trinajstić information content (AvgIpc) is 3.27. The molecule has 0 atom stereocenters. The number of benzene rings is 3. The van der Waals surface area contributed by atoms with E-state index in [1.807, 2.05) is 78.2 Å². The highest BCUT2D eigenvalue weighted by atomic mass is 35.5. The van der Waals surface area contributed by atoms with E-state index in [4.69, 9.17) is 16.3 Å². The average molecular weight is 493 g/mol. The Morgan fingerprint density at radius 1 is 1.03 bits per heavy atom. The Balaban J connectivity index is 1.52. The highest BCUT2D eigenvalue weighted by Gasteiger charge is 2.17. The van der Waals surface area contributed by atoms with Gasteiger partial charge in [-0.05, 0) is 48.7 Å². The number of aryl methyl sites for hydroxylation is 2. The Hall–Kier alpha value is -3.29. The van der Waals surface area contributed by atoms with Gasteiger partial charge in [0.15, 0.2) is 11.0 Å². The van der Waals surface area contributed by atoms with Crippen LogP contribution in [0.2, 0.25) is 5.02 Å². The van der Waals surface area contributed by atoms with E-state index in [2.05, 4.69) is 22.4 Å². The summed E-state index contributed by atoms with van der Waals surface area (Å²) in [4.78, 5) is 12.8. The highest BCUT2D eigenvalue weighted by Crippen LogP contribution is 2.27. The fourth-order valence-electron chi connectivity index (χ4n) is 3.54. The van der Waals surface area contributed by atoms with E-state index in [9.17, 15) is 4.79 Å². The Bertz CT molecular complexity index is 1280. The standard InChI is InChI=1S/C26H25ClN4O2S/c1-3-19-11-9-10-18(2)25(19)28-24(32)17-34-26-30-29-23(31(26)20-12-5-4-6-13-20)16-33-22-15-8-7-14-21(22)27/h4-15H,3,16-17H2,1-2H3,(H,28,32). The van der Waals surface area contributed by atoms with Crippen molar-refractivity contribution in [1.29, 1.82) is 0 Å². The topological polar surface area (TPSA) is 69.0 Å². The summed E-state index contributed by atoms with van der Waals surface area (Å²) in [5.74, 6) is 1.30. The van der Waals surface area contributed by atoms with Crippen molar-refractivity contribution in [2.75, 3.05) is 11.1 Å². The molecule has 174 valence electrons. The molecule has 0 fully saturated rings. The van der Waals surface area contributed by atoms with Gasteiger partial charge in [-0.1, -0.05) is 78.8 Å². The van der Waals surface area contributed by atoms with Crippen LogP contribution in [0.4, 0.5) is 5.69 Å². The van der Waals surface area contributed by atoms with Crippen molar-refractivity contribution in [3.05, 3.63) is 94.8 Å². The molecular formula is C26H25ClN4O2S. The second-order valence-corrected chi connectivity index (χ2v) is 8.94. The number of ether oxygens (including phenoxy) is 1. The lowest BCUT2D eigenvalue weighted by Gasteiger charge is -2.13. The molecule has 0 aliphatic carbocycles. The molecule has 0 saturated heterocycles. The SMILES string of the molecule is CCc1cccc(C)c1NC(=O)CSc1nnc(COc2ccccc2Cl)n1-c1ccccc1. The van der Waals surface area contributed by atoms with Gasteiger partial charge in [-0.15, -0.1) is 10.2 Å². The number of nitrogens with one attached hydrogen (secondary N) is 1. The van der Waals surface area contributed by atoms with E-state index in [-0.39, 0.29) is 18.3 Å². The molecular weight excluding hydrogens is 468 g/mol. The number of thioether (sulfide) groups is 1. The Morgan fingerprint density at radius 2 is 1.79 bits per heavy atom. The molecule has 1 aromatic heterocycles. The number of rotatable bonds is 9. The third-order valence-electron chi connectivity index (χ3n) is 5.24. The zero-order valence-corrected chi connectivity index (χ0v) is 20.6. The van der Waals surface area contributed by atoms with Crippen molar-refractivity contribution >= 4 is 35.0 Å². The van der Waals surface area contributed by atoms with E-state index in [0.717, 1.165) is 28.9 Å². The first-order valence-corrected chi connectivity index (χ1v) is 12.3. The van der Waals surface area contributed by atoms with E-state index < -0.39 is 0 Å². The maximum Gasteiger partial charge on any atom is 0.234 e. The van der Waals surface area contributed by atoms with Crippen LogP contribution in [0.1, 0.15) is 23.9 Å². The van der Waals surface area contributed by atoms with E-state index >= 15 is 0 Å². The first-order chi connectivity index (χ1) is 16.6. The number of carbonyl (C=O) groups is 1. The maximum atomic E-state index is 12.8. The quantitative estimate of drug-likeness (QED) is 0.286. The number of hydrogen-bond donors (Lipinski definition) is 1. The summed E-state index contributed by atoms with van der Waals surface area (Å²) >= 11 is 7.55. The second kappa shape index (κ2) is 11.2. The molecule has 0 aliphatic heterocycles. The second-order valence-electron chi connectivity index (χ2n) is 7.59. The predicted octanol–water partition coefficient (Wildman–Crippen LogP) is 6.10. The molecule has 1 N–H and O–H groups in total. The molecule has 1 amide bonds. The molecule has 8 heteroatoms. The van der Waals surface area contributed by atoms with Crippen molar-refractivity contribution in [2.45, 2.75) is 32.0 Å². The lowest BCUT2D eigenvalue weighted by atomic mass is 10.1. The molecule has 34 heavy (non-hydrogen) atoms. The Kier molecular flexibility index (Phi) is 7.87. The van der Waals surface area contributed by atoms with Crippen molar-refractivity contribution in [1.82, 2.24) is 14.8 Å². The number of nitrogens with zero attached hydrogens (tertiary/aromatic N) is 3. The number of aromatic nitrogens is 3. The number of carbonyl (C=O) groups excluding carboxylic acids is 1. The minimum atomic E-state index is -0.0921.